The van der Waals surface area contributed by atoms with Crippen LogP contribution in [0.3, 0.4) is 0 Å². The van der Waals surface area contributed by atoms with Crippen molar-refractivity contribution in [1.82, 2.24) is 15.0 Å². The van der Waals surface area contributed by atoms with Gasteiger partial charge in [0, 0.05) is 18.3 Å². The van der Waals surface area contributed by atoms with E-state index in [9.17, 15) is 29.4 Å². The van der Waals surface area contributed by atoms with E-state index in [2.05, 4.69) is 51.0 Å². The monoisotopic (exact) mass is 787 g/mol. The van der Waals surface area contributed by atoms with E-state index in [-0.39, 0.29) is 65.5 Å². The lowest BCUT2D eigenvalue weighted by molar-refractivity contribution is -0.318. The maximum absolute atomic E-state index is 13.7. The quantitative estimate of drug-likeness (QED) is 0.0830. The van der Waals surface area contributed by atoms with Crippen LogP contribution in [0.2, 0.25) is 0 Å². The molecule has 4 fully saturated rings. The highest BCUT2D eigenvalue weighted by Crippen LogP contribution is 2.76. The molecule has 0 saturated heterocycles. The lowest BCUT2D eigenvalue weighted by Crippen LogP contribution is -2.68. The minimum atomic E-state index is -1.69. The molecule has 2 N–H and O–H groups in total. The highest BCUT2D eigenvalue weighted by atomic mass is 16.7. The Balaban J connectivity index is 1.04. The second-order valence-electron chi connectivity index (χ2n) is 19.5. The molecule has 2 unspecified atom stereocenters. The van der Waals surface area contributed by atoms with Crippen molar-refractivity contribution < 1.29 is 43.6 Å². The number of rotatable bonds is 9. The van der Waals surface area contributed by atoms with Crippen LogP contribution in [0.1, 0.15) is 124 Å². The molecular weight excluding hydrogens is 727 g/mol. The molecule has 0 amide bonds. The average Bonchev–Trinajstić information content (AvgIpc) is 3.60. The summed E-state index contributed by atoms with van der Waals surface area (Å²) in [7, 11) is 0. The Morgan fingerprint density at radius 3 is 2.35 bits per heavy atom. The van der Waals surface area contributed by atoms with E-state index in [1.165, 1.54) is 10.3 Å². The molecule has 0 aliphatic heterocycles. The maximum atomic E-state index is 13.7. The third kappa shape index (κ3) is 6.71. The predicted octanol–water partition coefficient (Wildman–Crippen LogP) is 8.06. The molecule has 0 bridgehead atoms. The number of aryl methyl sites for hydroxylation is 1. The van der Waals surface area contributed by atoms with Crippen LogP contribution in [0.4, 0.5) is 4.79 Å². The summed E-state index contributed by atoms with van der Waals surface area (Å²) in [5.74, 6) is -2.39. The van der Waals surface area contributed by atoms with Gasteiger partial charge in [0.2, 0.25) is 5.79 Å². The summed E-state index contributed by atoms with van der Waals surface area (Å²) in [6.45, 7) is 15.4. The molecular formula is C45H61N3O9. The fourth-order valence-electron chi connectivity index (χ4n) is 13.1. The van der Waals surface area contributed by atoms with E-state index in [0.29, 0.717) is 43.7 Å². The number of carbonyl (C=O) groups is 4. The fourth-order valence-corrected chi connectivity index (χ4v) is 13.1. The second kappa shape index (κ2) is 14.6. The van der Waals surface area contributed by atoms with Gasteiger partial charge in [-0.2, -0.15) is 0 Å². The lowest BCUT2D eigenvalue weighted by Gasteiger charge is -2.72. The largest absolute Gasteiger partial charge is 0.513 e. The normalized spacial score (nSPS) is 37.9. The predicted molar refractivity (Wildman–Crippen MR) is 209 cm³/mol. The third-order valence-electron chi connectivity index (χ3n) is 16.7. The Bertz CT molecular complexity index is 1930. The lowest BCUT2D eigenvalue weighted by atomic mass is 9.33. The van der Waals surface area contributed by atoms with Crippen molar-refractivity contribution in [2.24, 2.45) is 56.7 Å². The van der Waals surface area contributed by atoms with Crippen molar-refractivity contribution in [1.29, 1.82) is 0 Å². The number of carbonyl (C=O) groups excluding carboxylic acids is 3. The first-order chi connectivity index (χ1) is 26.8. The van der Waals surface area contributed by atoms with E-state index in [4.69, 9.17) is 14.2 Å². The summed E-state index contributed by atoms with van der Waals surface area (Å²) in [4.78, 5) is 51.1. The van der Waals surface area contributed by atoms with E-state index in [0.717, 1.165) is 37.7 Å². The number of aromatic nitrogens is 3. The first-order valence-electron chi connectivity index (χ1n) is 21.0. The van der Waals surface area contributed by atoms with Gasteiger partial charge < -0.3 is 24.4 Å². The van der Waals surface area contributed by atoms with Gasteiger partial charge in [-0.3, -0.25) is 9.59 Å². The molecule has 4 saturated carbocycles. The molecule has 12 heteroatoms. The van der Waals surface area contributed by atoms with Crippen LogP contribution in [0, 0.1) is 56.7 Å². The third-order valence-corrected chi connectivity index (χ3v) is 16.7. The minimum absolute atomic E-state index is 0.0598. The van der Waals surface area contributed by atoms with Crippen molar-refractivity contribution in [3.63, 3.8) is 0 Å². The number of ether oxygens (including phenoxy) is 3. The van der Waals surface area contributed by atoms with Crippen molar-refractivity contribution in [3.8, 4) is 0 Å². The summed E-state index contributed by atoms with van der Waals surface area (Å²) in [6, 6.07) is 9.71. The molecule has 12 nitrogen and oxygen atoms in total. The first-order valence-corrected chi connectivity index (χ1v) is 21.0. The highest BCUT2D eigenvalue weighted by Gasteiger charge is 2.71. The molecule has 57 heavy (non-hydrogen) atoms. The Labute approximate surface area is 336 Å². The maximum Gasteiger partial charge on any atom is 0.513 e. The standard InChI is InChI=1S/C45H61N3O9/c1-28-17-20-44(38(51)56-39(52)53)23-22-42(6)32(37(44)29(28)2)14-15-34-41(5)21-24-45(54,40(3,4)33(41)18-19-43(34,42)7)57-36(50)26-48-25-31(46-47-48)27-55-35(49)16-13-30-11-9-8-10-12-30/h8-12,14,25,28-29,33-34,37,54H,13,15-24,26-27H2,1-7H3,(H,52,53)/t28-,29+,33?,34-,37+,41+,42-,43-,44+,45?/m1/s1. The number of hydrogen-bond acceptors (Lipinski definition) is 10. The van der Waals surface area contributed by atoms with Crippen LogP contribution in [0.15, 0.2) is 48.2 Å². The number of benzene rings is 1. The smallest absolute Gasteiger partial charge is 0.459 e. The molecule has 0 spiro atoms. The summed E-state index contributed by atoms with van der Waals surface area (Å²) in [5.41, 5.74) is 0.701. The number of fused-ring (bicyclic) bond motifs is 7. The first kappa shape index (κ1) is 41.1. The van der Waals surface area contributed by atoms with Crippen LogP contribution in [0.5, 0.6) is 0 Å². The summed E-state index contributed by atoms with van der Waals surface area (Å²) >= 11 is 0. The average molecular weight is 788 g/mol. The molecule has 5 aliphatic carbocycles. The minimum Gasteiger partial charge on any atom is -0.459 e. The molecule has 5 aliphatic rings. The number of carboxylic acid groups (broad SMARTS) is 1. The molecule has 1 aromatic carbocycles. The summed E-state index contributed by atoms with van der Waals surface area (Å²) < 4.78 is 17.7. The molecule has 0 radical (unpaired) electrons. The van der Waals surface area contributed by atoms with Gasteiger partial charge in [0.25, 0.3) is 0 Å². The summed E-state index contributed by atoms with van der Waals surface area (Å²) in [5, 5.41) is 29.9. The van der Waals surface area contributed by atoms with Crippen molar-refractivity contribution >= 4 is 24.1 Å². The topological polar surface area (TPSA) is 167 Å². The zero-order valence-corrected chi connectivity index (χ0v) is 34.7. The van der Waals surface area contributed by atoms with Gasteiger partial charge in [-0.05, 0) is 109 Å². The zero-order valence-electron chi connectivity index (χ0n) is 34.7. The van der Waals surface area contributed by atoms with Gasteiger partial charge in [0.15, 0.2) is 0 Å². The molecule has 2 aromatic rings. The van der Waals surface area contributed by atoms with Gasteiger partial charge in [-0.1, -0.05) is 95.7 Å². The van der Waals surface area contributed by atoms with E-state index in [1.807, 2.05) is 44.2 Å². The van der Waals surface area contributed by atoms with E-state index >= 15 is 0 Å². The summed E-state index contributed by atoms with van der Waals surface area (Å²) in [6.07, 6.45) is 9.69. The van der Waals surface area contributed by atoms with Gasteiger partial charge in [0.05, 0.1) is 11.6 Å². The molecule has 1 heterocycles. The second-order valence-corrected chi connectivity index (χ2v) is 19.5. The van der Waals surface area contributed by atoms with Crippen LogP contribution < -0.4 is 0 Å². The molecule has 10 atom stereocenters. The number of esters is 3. The van der Waals surface area contributed by atoms with Gasteiger partial charge >= 0.3 is 24.1 Å². The highest BCUT2D eigenvalue weighted by molar-refractivity contribution is 5.86. The SMILES string of the molecule is C[C@H]1[C@H](C)CC[C@]2(C(=O)OC(=O)O)CC[C@]3(C)C(=CC[C@@H]4[C@@]5(C)CCC(O)(OC(=O)Cn6cc(COC(=O)CCc7ccccc7)nn6)C(C)(C)C5CC[C@]43C)[C@H]12. The van der Waals surface area contributed by atoms with Crippen LogP contribution in [-0.2, 0) is 48.2 Å². The van der Waals surface area contributed by atoms with Crippen molar-refractivity contribution in [2.75, 3.05) is 0 Å². The van der Waals surface area contributed by atoms with Crippen molar-refractivity contribution in [3.05, 3.63) is 59.4 Å². The fraction of sp³-hybridized carbons (Fsp3) is 0.689. The molecule has 1 aromatic heterocycles. The number of aliphatic hydroxyl groups is 1. The van der Waals surface area contributed by atoms with Crippen LogP contribution >= 0.6 is 0 Å². The Morgan fingerprint density at radius 2 is 1.63 bits per heavy atom. The Hall–Kier alpha value is -4.06. The van der Waals surface area contributed by atoms with Gasteiger partial charge in [-0.15, -0.1) is 5.10 Å². The van der Waals surface area contributed by atoms with Gasteiger partial charge in [-0.25, -0.2) is 14.3 Å². The van der Waals surface area contributed by atoms with E-state index in [1.54, 1.807) is 6.20 Å². The number of allylic oxidation sites excluding steroid dienone is 2. The zero-order chi connectivity index (χ0) is 41.2. The van der Waals surface area contributed by atoms with Crippen molar-refractivity contribution in [2.45, 2.75) is 138 Å². The van der Waals surface area contributed by atoms with Crippen LogP contribution in [0.25, 0.3) is 0 Å². The Morgan fingerprint density at radius 1 is 0.895 bits per heavy atom. The van der Waals surface area contributed by atoms with E-state index < -0.39 is 34.7 Å². The Kier molecular flexibility index (Phi) is 10.6. The van der Waals surface area contributed by atoms with Gasteiger partial charge in [0.1, 0.15) is 18.8 Å². The molecule has 310 valence electrons. The number of nitrogens with zero attached hydrogens (tertiary/aromatic N) is 3. The number of hydrogen-bond donors (Lipinski definition) is 2. The van der Waals surface area contributed by atoms with Crippen LogP contribution in [-0.4, -0.2) is 55.1 Å². The molecule has 7 rings (SSSR count).